The third kappa shape index (κ3) is 9.30. The first-order chi connectivity index (χ1) is 24.6. The summed E-state index contributed by atoms with van der Waals surface area (Å²) >= 11 is 0. The fraction of sp³-hybridized carbons (Fsp3) is 0.389. The maximum Gasteiger partial charge on any atom is 0.250 e. The van der Waals surface area contributed by atoms with Crippen LogP contribution in [0.25, 0.3) is 10.8 Å². The van der Waals surface area contributed by atoms with E-state index in [1.807, 2.05) is 42.5 Å². The zero-order chi connectivity index (χ0) is 36.4. The first-order valence-corrected chi connectivity index (χ1v) is 17.1. The lowest BCUT2D eigenvalue weighted by Gasteiger charge is -2.43. The normalized spacial score (nSPS) is 16.1. The number of anilines is 1. The third-order valence-corrected chi connectivity index (χ3v) is 9.43. The standard InChI is InChI=1S/C36H46N10O5/c37-33(50)29(14-7-17-40-35(38)39)43-31(48)21-41-30(47)20-42-32(49)23-45-24-46(27-11-2-1-3-12-27)36(34(45)51)15-18-44(19-16-36)22-26-10-6-9-25-8-4-5-13-28(25)26/h1-6,8-13,29H,7,14-24H2,(H2,37,50)(H,41,47)(H,42,49)(H,43,48)(H4,38,39,40). The van der Waals surface area contributed by atoms with Crippen molar-refractivity contribution in [1.29, 1.82) is 5.41 Å². The van der Waals surface area contributed by atoms with Gasteiger partial charge in [0.1, 0.15) is 18.1 Å². The molecule has 2 aliphatic heterocycles. The van der Waals surface area contributed by atoms with Gasteiger partial charge in [-0.05, 0) is 54.2 Å². The minimum absolute atomic E-state index is 0.117. The topological polar surface area (TPSA) is 219 Å². The van der Waals surface area contributed by atoms with Gasteiger partial charge in [0.2, 0.25) is 29.5 Å². The van der Waals surface area contributed by atoms with Crippen LogP contribution in [0, 0.1) is 5.41 Å². The number of hydrogen-bond acceptors (Lipinski definition) is 8. The molecule has 0 aromatic heterocycles. The van der Waals surface area contributed by atoms with Crippen molar-refractivity contribution in [3.8, 4) is 0 Å². The van der Waals surface area contributed by atoms with E-state index in [-0.39, 0.29) is 31.5 Å². The van der Waals surface area contributed by atoms with Crippen molar-refractivity contribution in [2.45, 2.75) is 43.8 Å². The number of nitrogens with two attached hydrogens (primary N) is 2. The summed E-state index contributed by atoms with van der Waals surface area (Å²) in [5, 5.41) is 19.6. The van der Waals surface area contributed by atoms with Crippen LogP contribution in [0.15, 0.2) is 72.8 Å². The van der Waals surface area contributed by atoms with Gasteiger partial charge in [0.15, 0.2) is 5.96 Å². The summed E-state index contributed by atoms with van der Waals surface area (Å²) in [5.74, 6) is -2.81. The van der Waals surface area contributed by atoms with Crippen LogP contribution in [0.1, 0.15) is 31.2 Å². The number of piperidine rings is 1. The summed E-state index contributed by atoms with van der Waals surface area (Å²) in [7, 11) is 0. The highest BCUT2D eigenvalue weighted by Gasteiger charge is 2.54. The molecule has 5 rings (SSSR count). The van der Waals surface area contributed by atoms with Gasteiger partial charge >= 0.3 is 0 Å². The number of para-hydroxylation sites is 1. The van der Waals surface area contributed by atoms with Gasteiger partial charge in [-0.15, -0.1) is 0 Å². The van der Waals surface area contributed by atoms with Crippen molar-refractivity contribution in [2.24, 2.45) is 11.5 Å². The molecular formula is C36H46N10O5. The molecule has 2 saturated heterocycles. The molecule has 3 aromatic carbocycles. The van der Waals surface area contributed by atoms with Gasteiger partial charge in [0, 0.05) is 31.9 Å². The number of fused-ring (bicyclic) bond motifs is 1. The number of benzene rings is 3. The monoisotopic (exact) mass is 698 g/mol. The molecule has 2 aliphatic rings. The molecule has 0 bridgehead atoms. The predicted molar refractivity (Wildman–Crippen MR) is 193 cm³/mol. The molecule has 15 nitrogen and oxygen atoms in total. The minimum Gasteiger partial charge on any atom is -0.370 e. The summed E-state index contributed by atoms with van der Waals surface area (Å²) in [6.45, 7) is 1.70. The van der Waals surface area contributed by atoms with E-state index in [4.69, 9.17) is 16.9 Å². The zero-order valence-corrected chi connectivity index (χ0v) is 28.5. The number of guanidine groups is 1. The zero-order valence-electron chi connectivity index (χ0n) is 28.5. The Balaban J connectivity index is 1.12. The number of carbonyl (C=O) groups is 5. The van der Waals surface area contributed by atoms with Crippen LogP contribution in [0.4, 0.5) is 5.69 Å². The summed E-state index contributed by atoms with van der Waals surface area (Å²) in [4.78, 5) is 69.6. The maximum atomic E-state index is 14.1. The van der Waals surface area contributed by atoms with E-state index in [0.717, 1.165) is 12.2 Å². The van der Waals surface area contributed by atoms with Gasteiger partial charge in [0.05, 0.1) is 19.8 Å². The lowest BCUT2D eigenvalue weighted by atomic mass is 9.85. The Morgan fingerprint density at radius 3 is 2.22 bits per heavy atom. The van der Waals surface area contributed by atoms with Crippen molar-refractivity contribution < 1.29 is 24.0 Å². The molecule has 270 valence electrons. The highest BCUT2D eigenvalue weighted by molar-refractivity contribution is 5.97. The van der Waals surface area contributed by atoms with Crippen molar-refractivity contribution >= 4 is 52.0 Å². The van der Waals surface area contributed by atoms with E-state index in [2.05, 4.69) is 61.4 Å². The molecule has 0 radical (unpaired) electrons. The Morgan fingerprint density at radius 1 is 0.824 bits per heavy atom. The first-order valence-electron chi connectivity index (χ1n) is 17.1. The van der Waals surface area contributed by atoms with Crippen molar-refractivity contribution in [1.82, 2.24) is 31.1 Å². The second kappa shape index (κ2) is 16.8. The van der Waals surface area contributed by atoms with E-state index < -0.39 is 48.3 Å². The molecule has 3 aromatic rings. The van der Waals surface area contributed by atoms with Crippen molar-refractivity contribution in [2.75, 3.05) is 50.8 Å². The predicted octanol–water partition coefficient (Wildman–Crippen LogP) is -0.0535. The fourth-order valence-electron chi connectivity index (χ4n) is 6.78. The van der Waals surface area contributed by atoms with Gasteiger partial charge in [-0.2, -0.15) is 0 Å². The minimum atomic E-state index is -0.962. The number of nitrogens with zero attached hydrogens (tertiary/aromatic N) is 3. The summed E-state index contributed by atoms with van der Waals surface area (Å²) < 4.78 is 0. The third-order valence-electron chi connectivity index (χ3n) is 9.43. The van der Waals surface area contributed by atoms with Gasteiger partial charge < -0.3 is 42.5 Å². The van der Waals surface area contributed by atoms with Crippen LogP contribution in [-0.4, -0.2) is 103 Å². The van der Waals surface area contributed by atoms with Gasteiger partial charge in [-0.25, -0.2) is 0 Å². The number of primary amides is 1. The van der Waals surface area contributed by atoms with E-state index in [1.54, 1.807) is 0 Å². The van der Waals surface area contributed by atoms with E-state index in [0.29, 0.717) is 38.9 Å². The smallest absolute Gasteiger partial charge is 0.250 e. The van der Waals surface area contributed by atoms with Crippen LogP contribution in [0.5, 0.6) is 0 Å². The Labute approximate surface area is 296 Å². The molecule has 15 heteroatoms. The largest absolute Gasteiger partial charge is 0.370 e. The molecule has 0 aliphatic carbocycles. The highest BCUT2D eigenvalue weighted by Crippen LogP contribution is 2.39. The average molecular weight is 699 g/mol. The quantitative estimate of drug-likeness (QED) is 0.0642. The number of amides is 5. The number of likely N-dealkylation sites (tertiary alicyclic amines) is 1. The summed E-state index contributed by atoms with van der Waals surface area (Å²) in [5.41, 5.74) is 11.9. The Hall–Kier alpha value is -5.70. The van der Waals surface area contributed by atoms with E-state index in [1.165, 1.54) is 21.2 Å². The summed E-state index contributed by atoms with van der Waals surface area (Å²) in [6.07, 6.45) is 1.83. The molecule has 5 amide bonds. The first kappa shape index (κ1) is 36.6. The van der Waals surface area contributed by atoms with Crippen LogP contribution in [0.3, 0.4) is 0 Å². The Morgan fingerprint density at radius 2 is 1.49 bits per heavy atom. The molecule has 51 heavy (non-hydrogen) atoms. The van der Waals surface area contributed by atoms with Crippen LogP contribution >= 0.6 is 0 Å². The second-order valence-electron chi connectivity index (χ2n) is 12.9. The molecule has 2 heterocycles. The SMILES string of the molecule is N=C(N)NCCCC(NC(=O)CNC(=O)CNC(=O)CN1CN(c2ccccc2)C2(CCN(Cc3cccc4ccccc34)CC2)C1=O)C(N)=O. The van der Waals surface area contributed by atoms with Gasteiger partial charge in [-0.3, -0.25) is 34.3 Å². The number of rotatable bonds is 15. The number of carbonyl (C=O) groups excluding carboxylic acids is 5. The average Bonchev–Trinajstić information content (AvgIpc) is 3.38. The Kier molecular flexibility index (Phi) is 12.1. The maximum absolute atomic E-state index is 14.1. The summed E-state index contributed by atoms with van der Waals surface area (Å²) in [6, 6.07) is 23.4. The van der Waals surface area contributed by atoms with Crippen LogP contribution < -0.4 is 37.6 Å². The number of hydrogen-bond donors (Lipinski definition) is 7. The second-order valence-corrected chi connectivity index (χ2v) is 12.9. The number of nitrogens with one attached hydrogen (secondary N) is 5. The van der Waals surface area contributed by atoms with Gasteiger partial charge in [-0.1, -0.05) is 60.7 Å². The molecule has 1 atom stereocenters. The lowest BCUT2D eigenvalue weighted by Crippen LogP contribution is -2.56. The fourth-order valence-corrected chi connectivity index (χ4v) is 6.78. The molecular weight excluding hydrogens is 652 g/mol. The molecule has 0 saturated carbocycles. The van der Waals surface area contributed by atoms with Gasteiger partial charge in [0.25, 0.3) is 0 Å². The van der Waals surface area contributed by atoms with Crippen LogP contribution in [-0.2, 0) is 30.5 Å². The van der Waals surface area contributed by atoms with E-state index in [9.17, 15) is 24.0 Å². The Bertz CT molecular complexity index is 1740. The molecule has 9 N–H and O–H groups in total. The van der Waals surface area contributed by atoms with Crippen molar-refractivity contribution in [3.05, 3.63) is 78.4 Å². The molecule has 1 spiro atoms. The van der Waals surface area contributed by atoms with Crippen molar-refractivity contribution in [3.63, 3.8) is 0 Å². The van der Waals surface area contributed by atoms with E-state index >= 15 is 0 Å². The lowest BCUT2D eigenvalue weighted by molar-refractivity contribution is -0.137. The molecule has 2 fully saturated rings. The van der Waals surface area contributed by atoms with Crippen LogP contribution in [0.2, 0.25) is 0 Å². The highest BCUT2D eigenvalue weighted by atomic mass is 16.2. The molecule has 1 unspecified atom stereocenters.